The van der Waals surface area contributed by atoms with Crippen LogP contribution in [0.4, 0.5) is 0 Å². The lowest BCUT2D eigenvalue weighted by Gasteiger charge is -2.11. The normalized spacial score (nSPS) is 21.7. The van der Waals surface area contributed by atoms with Crippen LogP contribution >= 0.6 is 0 Å². The Balaban J connectivity index is 2.24. The van der Waals surface area contributed by atoms with Crippen LogP contribution in [0.15, 0.2) is 12.1 Å². The Morgan fingerprint density at radius 3 is 2.83 bits per heavy atom. The van der Waals surface area contributed by atoms with Gasteiger partial charge in [0.25, 0.3) is 0 Å². The summed E-state index contributed by atoms with van der Waals surface area (Å²) in [5, 5.41) is 9.76. The number of rotatable bonds is 3. The number of carbonyl (C=O) groups excluding carboxylic acids is 1. The zero-order valence-corrected chi connectivity index (χ0v) is 11.2. The number of benzene rings is 1. The lowest BCUT2D eigenvalue weighted by Crippen LogP contribution is -2.08. The van der Waals surface area contributed by atoms with Crippen molar-refractivity contribution in [2.45, 2.75) is 45.4 Å². The Hall–Kier alpha value is -1.51. The first-order valence-corrected chi connectivity index (χ1v) is 6.52. The fraction of sp³-hybridized carbons (Fsp3) is 0.533. The molecular formula is C15H20O3. The second-order valence-corrected chi connectivity index (χ2v) is 5.11. The fourth-order valence-corrected chi connectivity index (χ4v) is 2.81. The van der Waals surface area contributed by atoms with Crippen molar-refractivity contribution in [2.24, 2.45) is 0 Å². The third-order valence-electron chi connectivity index (χ3n) is 3.73. The molecule has 1 N–H and O–H groups in total. The minimum atomic E-state index is -0.131. The lowest BCUT2D eigenvalue weighted by molar-refractivity contribution is -0.143. The number of hydrogen-bond acceptors (Lipinski definition) is 3. The summed E-state index contributed by atoms with van der Waals surface area (Å²) >= 11 is 0. The molecule has 98 valence electrons. The van der Waals surface area contributed by atoms with E-state index in [0.717, 1.165) is 12.0 Å². The van der Waals surface area contributed by atoms with Crippen molar-refractivity contribution >= 4 is 5.97 Å². The molecule has 0 fully saturated rings. The van der Waals surface area contributed by atoms with Gasteiger partial charge in [-0.25, -0.2) is 0 Å². The van der Waals surface area contributed by atoms with Gasteiger partial charge < -0.3 is 9.84 Å². The third kappa shape index (κ3) is 2.35. The summed E-state index contributed by atoms with van der Waals surface area (Å²) in [5.41, 5.74) is 3.25. The van der Waals surface area contributed by atoms with Crippen molar-refractivity contribution in [2.75, 3.05) is 6.61 Å². The van der Waals surface area contributed by atoms with E-state index in [1.165, 1.54) is 11.1 Å². The molecule has 0 amide bonds. The Bertz CT molecular complexity index is 465. The van der Waals surface area contributed by atoms with E-state index >= 15 is 0 Å². The van der Waals surface area contributed by atoms with Gasteiger partial charge in [-0.2, -0.15) is 0 Å². The Labute approximate surface area is 108 Å². The quantitative estimate of drug-likeness (QED) is 0.835. The van der Waals surface area contributed by atoms with E-state index in [-0.39, 0.29) is 11.9 Å². The number of aromatic hydroxyl groups is 1. The molecule has 1 aliphatic rings. The van der Waals surface area contributed by atoms with Crippen LogP contribution in [0.3, 0.4) is 0 Å². The van der Waals surface area contributed by atoms with Gasteiger partial charge in [-0.05, 0) is 54.9 Å². The first-order chi connectivity index (χ1) is 8.52. The average molecular weight is 248 g/mol. The number of carbonyl (C=O) groups is 1. The zero-order valence-electron chi connectivity index (χ0n) is 11.2. The molecule has 0 bridgehead atoms. The van der Waals surface area contributed by atoms with Crippen LogP contribution in [0.25, 0.3) is 0 Å². The van der Waals surface area contributed by atoms with Gasteiger partial charge in [-0.1, -0.05) is 13.0 Å². The predicted octanol–water partition coefficient (Wildman–Crippen LogP) is 3.24. The van der Waals surface area contributed by atoms with Gasteiger partial charge in [0.1, 0.15) is 5.75 Å². The maximum Gasteiger partial charge on any atom is 0.306 e. The summed E-state index contributed by atoms with van der Waals surface area (Å²) < 4.78 is 5.02. The lowest BCUT2D eigenvalue weighted by atomic mass is 9.96. The molecule has 0 aromatic heterocycles. The second-order valence-electron chi connectivity index (χ2n) is 5.11. The molecule has 0 spiro atoms. The van der Waals surface area contributed by atoms with Crippen molar-refractivity contribution in [1.82, 2.24) is 0 Å². The number of aryl methyl sites for hydroxylation is 1. The van der Waals surface area contributed by atoms with Crippen molar-refractivity contribution in [1.29, 1.82) is 0 Å². The van der Waals surface area contributed by atoms with Crippen LogP contribution in [0, 0.1) is 6.92 Å². The molecule has 1 aliphatic carbocycles. The molecule has 0 radical (unpaired) electrons. The molecule has 0 saturated carbocycles. The molecule has 0 heterocycles. The minimum Gasteiger partial charge on any atom is -0.508 e. The summed E-state index contributed by atoms with van der Waals surface area (Å²) in [7, 11) is 0. The van der Waals surface area contributed by atoms with Crippen LogP contribution in [0.1, 0.15) is 55.2 Å². The number of ether oxygens (including phenoxy) is 1. The van der Waals surface area contributed by atoms with E-state index < -0.39 is 0 Å². The van der Waals surface area contributed by atoms with Crippen LogP contribution in [-0.4, -0.2) is 17.7 Å². The molecule has 2 rings (SSSR count). The summed E-state index contributed by atoms with van der Waals surface area (Å²) in [6, 6.07) is 3.86. The maximum absolute atomic E-state index is 11.6. The van der Waals surface area contributed by atoms with E-state index in [4.69, 9.17) is 4.74 Å². The highest BCUT2D eigenvalue weighted by atomic mass is 16.5. The fourth-order valence-electron chi connectivity index (χ4n) is 2.81. The van der Waals surface area contributed by atoms with Crippen LogP contribution in [0.5, 0.6) is 5.75 Å². The molecule has 0 aliphatic heterocycles. The minimum absolute atomic E-state index is 0.131. The van der Waals surface area contributed by atoms with Gasteiger partial charge in [0, 0.05) is 0 Å². The summed E-state index contributed by atoms with van der Waals surface area (Å²) in [6.07, 6.45) is 1.40. The first-order valence-electron chi connectivity index (χ1n) is 6.52. The number of fused-ring (bicyclic) bond motifs is 1. The van der Waals surface area contributed by atoms with Gasteiger partial charge in [-0.3, -0.25) is 4.79 Å². The standard InChI is InChI=1S/C15H20O3/c1-4-18-15(17)7-11-5-9(2)12-8-14(16)10(3)6-13(11)12/h6,8-9,11,16H,4-5,7H2,1-3H3/t9-,11-/m0/s1. The number of phenolic OH excluding ortho intramolecular Hbond substituents is 1. The monoisotopic (exact) mass is 248 g/mol. The Kier molecular flexibility index (Phi) is 3.60. The predicted molar refractivity (Wildman–Crippen MR) is 69.9 cm³/mol. The molecule has 1 aromatic carbocycles. The summed E-state index contributed by atoms with van der Waals surface area (Å²) in [4.78, 5) is 11.6. The SMILES string of the molecule is CCOC(=O)C[C@@H]1C[C@H](C)c2cc(O)c(C)cc21. The highest BCUT2D eigenvalue weighted by Gasteiger charge is 2.30. The summed E-state index contributed by atoms with van der Waals surface area (Å²) in [5.74, 6) is 0.838. The highest BCUT2D eigenvalue weighted by molar-refractivity contribution is 5.71. The topological polar surface area (TPSA) is 46.5 Å². The van der Waals surface area contributed by atoms with Crippen molar-refractivity contribution in [3.63, 3.8) is 0 Å². The highest BCUT2D eigenvalue weighted by Crippen LogP contribution is 2.45. The Morgan fingerprint density at radius 2 is 2.17 bits per heavy atom. The van der Waals surface area contributed by atoms with Gasteiger partial charge in [-0.15, -0.1) is 0 Å². The van der Waals surface area contributed by atoms with Gasteiger partial charge in [0.05, 0.1) is 13.0 Å². The van der Waals surface area contributed by atoms with Gasteiger partial charge >= 0.3 is 5.97 Å². The van der Waals surface area contributed by atoms with Crippen molar-refractivity contribution in [3.8, 4) is 5.75 Å². The second kappa shape index (κ2) is 5.01. The van der Waals surface area contributed by atoms with E-state index in [0.29, 0.717) is 24.7 Å². The van der Waals surface area contributed by atoms with Crippen molar-refractivity contribution < 1.29 is 14.6 Å². The third-order valence-corrected chi connectivity index (χ3v) is 3.73. The van der Waals surface area contributed by atoms with E-state index in [9.17, 15) is 9.90 Å². The molecule has 3 heteroatoms. The average Bonchev–Trinajstić information content (AvgIpc) is 2.57. The number of esters is 1. The van der Waals surface area contributed by atoms with Crippen LogP contribution in [0.2, 0.25) is 0 Å². The molecule has 1 aromatic rings. The smallest absolute Gasteiger partial charge is 0.306 e. The van der Waals surface area contributed by atoms with E-state index in [2.05, 4.69) is 6.92 Å². The van der Waals surface area contributed by atoms with Gasteiger partial charge in [0.2, 0.25) is 0 Å². The first kappa shape index (κ1) is 12.9. The molecule has 2 atom stereocenters. The van der Waals surface area contributed by atoms with Gasteiger partial charge in [0.15, 0.2) is 0 Å². The van der Waals surface area contributed by atoms with Crippen LogP contribution in [-0.2, 0) is 9.53 Å². The molecule has 0 unspecified atom stereocenters. The van der Waals surface area contributed by atoms with E-state index in [1.54, 1.807) is 0 Å². The Morgan fingerprint density at radius 1 is 1.44 bits per heavy atom. The zero-order chi connectivity index (χ0) is 13.3. The van der Waals surface area contributed by atoms with Crippen LogP contribution < -0.4 is 0 Å². The van der Waals surface area contributed by atoms with E-state index in [1.807, 2.05) is 26.0 Å². The largest absolute Gasteiger partial charge is 0.508 e. The number of phenols is 1. The molecular weight excluding hydrogens is 228 g/mol. The molecule has 3 nitrogen and oxygen atoms in total. The maximum atomic E-state index is 11.6. The van der Waals surface area contributed by atoms with Crippen molar-refractivity contribution in [3.05, 3.63) is 28.8 Å². The molecule has 18 heavy (non-hydrogen) atoms. The molecule has 0 saturated heterocycles. The number of hydrogen-bond donors (Lipinski definition) is 1. The summed E-state index contributed by atoms with van der Waals surface area (Å²) in [6.45, 7) is 6.28.